The van der Waals surface area contributed by atoms with Crippen molar-refractivity contribution in [1.29, 1.82) is 0 Å². The molecule has 1 aliphatic heterocycles. The molecule has 0 aromatic heterocycles. The molecule has 18 heavy (non-hydrogen) atoms. The van der Waals surface area contributed by atoms with Crippen molar-refractivity contribution in [3.63, 3.8) is 0 Å². The third kappa shape index (κ3) is 2.46. The molecule has 1 heterocycles. The van der Waals surface area contributed by atoms with E-state index >= 15 is 0 Å². The van der Waals surface area contributed by atoms with E-state index in [2.05, 4.69) is 52.0 Å². The van der Waals surface area contributed by atoms with Gasteiger partial charge < -0.3 is 5.32 Å². The molecule has 0 radical (unpaired) electrons. The average Bonchev–Trinajstić information content (AvgIpc) is 2.49. The lowest BCUT2D eigenvalue weighted by Crippen LogP contribution is -2.46. The summed E-state index contributed by atoms with van der Waals surface area (Å²) in [5.41, 5.74) is 1.27. The first kappa shape index (κ1) is 11.5. The van der Waals surface area contributed by atoms with Gasteiger partial charge in [-0.1, -0.05) is 42.5 Å². The van der Waals surface area contributed by atoms with Crippen molar-refractivity contribution in [3.8, 4) is 0 Å². The number of rotatable bonds is 2. The van der Waals surface area contributed by atoms with Crippen LogP contribution < -0.4 is 10.6 Å². The molecule has 0 bridgehead atoms. The zero-order chi connectivity index (χ0) is 12.2. The molecule has 0 amide bonds. The monoisotopic (exact) mass is 241 g/mol. The van der Waals surface area contributed by atoms with Crippen LogP contribution in [0, 0.1) is 5.92 Å². The van der Waals surface area contributed by atoms with Gasteiger partial charge >= 0.3 is 0 Å². The second kappa shape index (κ2) is 5.36. The highest BCUT2D eigenvalue weighted by Gasteiger charge is 2.22. The maximum absolute atomic E-state index is 4.59. The Kier molecular flexibility index (Phi) is 3.42. The molecule has 1 aromatic carbocycles. The average molecular weight is 241 g/mol. The highest BCUT2D eigenvalue weighted by Crippen LogP contribution is 2.22. The summed E-state index contributed by atoms with van der Waals surface area (Å²) in [6, 6.07) is 10.5. The van der Waals surface area contributed by atoms with Crippen LogP contribution in [-0.2, 0) is 0 Å². The van der Waals surface area contributed by atoms with Gasteiger partial charge in [-0.25, -0.2) is 0 Å². The molecule has 3 heteroatoms. The highest BCUT2D eigenvalue weighted by atomic mass is 15.2. The molecule has 3 nitrogen and oxygen atoms in total. The van der Waals surface area contributed by atoms with Crippen molar-refractivity contribution in [3.05, 3.63) is 48.0 Å². The Morgan fingerprint density at radius 2 is 2.00 bits per heavy atom. The van der Waals surface area contributed by atoms with Crippen LogP contribution in [0.25, 0.3) is 0 Å². The molecule has 0 fully saturated rings. The quantitative estimate of drug-likeness (QED) is 0.781. The lowest BCUT2D eigenvalue weighted by Gasteiger charge is -2.30. The Labute approximate surface area is 108 Å². The second-order valence-corrected chi connectivity index (χ2v) is 4.88. The van der Waals surface area contributed by atoms with E-state index in [1.165, 1.54) is 24.2 Å². The predicted octanol–water partition coefficient (Wildman–Crippen LogP) is 2.59. The van der Waals surface area contributed by atoms with Gasteiger partial charge in [-0.3, -0.25) is 10.3 Å². The molecule has 0 spiro atoms. The Morgan fingerprint density at radius 3 is 2.78 bits per heavy atom. The van der Waals surface area contributed by atoms with Crippen molar-refractivity contribution >= 4 is 5.84 Å². The van der Waals surface area contributed by atoms with Gasteiger partial charge in [0, 0.05) is 5.92 Å². The molecule has 2 aliphatic rings. The zero-order valence-electron chi connectivity index (χ0n) is 10.5. The van der Waals surface area contributed by atoms with Crippen LogP contribution in [0.2, 0.25) is 0 Å². The van der Waals surface area contributed by atoms with Crippen molar-refractivity contribution in [2.24, 2.45) is 10.9 Å². The Hall–Kier alpha value is -1.61. The molecule has 1 aromatic rings. The summed E-state index contributed by atoms with van der Waals surface area (Å²) in [7, 11) is 0. The van der Waals surface area contributed by atoms with E-state index in [0.29, 0.717) is 12.6 Å². The van der Waals surface area contributed by atoms with Crippen LogP contribution in [0.4, 0.5) is 0 Å². The Morgan fingerprint density at radius 1 is 1.11 bits per heavy atom. The number of aliphatic imine (C=N–C) groups is 1. The summed E-state index contributed by atoms with van der Waals surface area (Å²) in [5, 5.41) is 6.93. The maximum Gasteiger partial charge on any atom is 0.105 e. The molecule has 0 saturated carbocycles. The third-order valence-corrected chi connectivity index (χ3v) is 3.63. The van der Waals surface area contributed by atoms with E-state index in [1.807, 2.05) is 6.07 Å². The zero-order valence-corrected chi connectivity index (χ0v) is 10.5. The van der Waals surface area contributed by atoms with E-state index in [0.717, 1.165) is 6.42 Å². The SMILES string of the molecule is C1=CCC(C2=NCNC(c3ccccc3)N2)CC1. The van der Waals surface area contributed by atoms with E-state index in [1.54, 1.807) is 0 Å². The molecule has 1 aliphatic carbocycles. The smallest absolute Gasteiger partial charge is 0.105 e. The molecule has 3 rings (SSSR count). The fourth-order valence-electron chi connectivity index (χ4n) is 2.60. The minimum atomic E-state index is 0.199. The first-order chi connectivity index (χ1) is 8.93. The van der Waals surface area contributed by atoms with Crippen LogP contribution in [-0.4, -0.2) is 12.5 Å². The van der Waals surface area contributed by atoms with E-state index in [9.17, 15) is 0 Å². The fraction of sp³-hybridized carbons (Fsp3) is 0.400. The lowest BCUT2D eigenvalue weighted by molar-refractivity contribution is 0.461. The number of allylic oxidation sites excluding steroid dienone is 2. The van der Waals surface area contributed by atoms with E-state index < -0.39 is 0 Å². The van der Waals surface area contributed by atoms with Crippen molar-refractivity contribution < 1.29 is 0 Å². The number of hydrogen-bond acceptors (Lipinski definition) is 3. The lowest BCUT2D eigenvalue weighted by atomic mass is 9.92. The second-order valence-electron chi connectivity index (χ2n) is 4.88. The van der Waals surface area contributed by atoms with E-state index in [4.69, 9.17) is 0 Å². The normalized spacial score (nSPS) is 27.4. The number of amidine groups is 1. The first-order valence-corrected chi connectivity index (χ1v) is 6.68. The number of nitrogens with zero attached hydrogens (tertiary/aromatic N) is 1. The highest BCUT2D eigenvalue weighted by molar-refractivity contribution is 5.85. The van der Waals surface area contributed by atoms with Crippen molar-refractivity contribution in [2.75, 3.05) is 6.67 Å². The molecular weight excluding hydrogens is 222 g/mol. The van der Waals surface area contributed by atoms with Gasteiger partial charge in [-0.2, -0.15) is 0 Å². The summed E-state index contributed by atoms with van der Waals surface area (Å²) in [6.45, 7) is 0.710. The van der Waals surface area contributed by atoms with Crippen LogP contribution >= 0.6 is 0 Å². The van der Waals surface area contributed by atoms with Gasteiger partial charge in [0.15, 0.2) is 0 Å². The minimum absolute atomic E-state index is 0.199. The van der Waals surface area contributed by atoms with Gasteiger partial charge in [0.1, 0.15) is 12.0 Å². The van der Waals surface area contributed by atoms with Gasteiger partial charge in [-0.05, 0) is 24.8 Å². The largest absolute Gasteiger partial charge is 0.354 e. The topological polar surface area (TPSA) is 36.4 Å². The van der Waals surface area contributed by atoms with Gasteiger partial charge in [0.25, 0.3) is 0 Å². The Bertz CT molecular complexity index is 450. The molecule has 2 N–H and O–H groups in total. The summed E-state index contributed by atoms with van der Waals surface area (Å²) in [4.78, 5) is 4.59. The Balaban J connectivity index is 1.71. The molecule has 2 unspecified atom stereocenters. The molecular formula is C15H19N3. The van der Waals surface area contributed by atoms with Crippen LogP contribution in [0.15, 0.2) is 47.5 Å². The molecule has 2 atom stereocenters. The third-order valence-electron chi connectivity index (χ3n) is 3.63. The summed E-state index contributed by atoms with van der Waals surface area (Å²) in [6.07, 6.45) is 8.25. The number of hydrogen-bond donors (Lipinski definition) is 2. The number of nitrogens with one attached hydrogen (secondary N) is 2. The maximum atomic E-state index is 4.59. The van der Waals surface area contributed by atoms with Crippen LogP contribution in [0.1, 0.15) is 31.0 Å². The standard InChI is InChI=1S/C15H19N3/c1-3-7-12(8-4-1)14-16-11-17-15(18-14)13-9-5-2-6-10-13/h1-5,7-8,13-14,16H,6,9-11H2,(H,17,18). The molecule has 0 saturated heterocycles. The van der Waals surface area contributed by atoms with Gasteiger partial charge in [0.2, 0.25) is 0 Å². The first-order valence-electron chi connectivity index (χ1n) is 6.68. The minimum Gasteiger partial charge on any atom is -0.354 e. The van der Waals surface area contributed by atoms with Crippen molar-refractivity contribution in [2.45, 2.75) is 25.4 Å². The predicted molar refractivity (Wildman–Crippen MR) is 74.2 cm³/mol. The van der Waals surface area contributed by atoms with E-state index in [-0.39, 0.29) is 6.17 Å². The van der Waals surface area contributed by atoms with Crippen LogP contribution in [0.3, 0.4) is 0 Å². The van der Waals surface area contributed by atoms with Crippen LogP contribution in [0.5, 0.6) is 0 Å². The van der Waals surface area contributed by atoms with Crippen molar-refractivity contribution in [1.82, 2.24) is 10.6 Å². The summed E-state index contributed by atoms with van der Waals surface area (Å²) < 4.78 is 0. The summed E-state index contributed by atoms with van der Waals surface area (Å²) >= 11 is 0. The fourth-order valence-corrected chi connectivity index (χ4v) is 2.60. The number of benzene rings is 1. The van der Waals surface area contributed by atoms with Gasteiger partial charge in [0.05, 0.1) is 6.67 Å². The van der Waals surface area contributed by atoms with Gasteiger partial charge in [-0.15, -0.1) is 0 Å². The summed E-state index contributed by atoms with van der Waals surface area (Å²) in [5.74, 6) is 1.75. The molecule has 94 valence electrons.